The minimum atomic E-state index is -2.71. The summed E-state index contributed by atoms with van der Waals surface area (Å²) in [6, 6.07) is 7.59. The van der Waals surface area contributed by atoms with E-state index in [-0.39, 0.29) is 0 Å². The molecule has 0 N–H and O–H groups in total. The fourth-order valence-corrected chi connectivity index (χ4v) is 1.86. The number of alkyl halides is 2. The minimum Gasteiger partial charge on any atom is -0.201 e. The first-order valence-electron chi connectivity index (χ1n) is 5.50. The van der Waals surface area contributed by atoms with Gasteiger partial charge in [0.15, 0.2) is 0 Å². The lowest BCUT2D eigenvalue weighted by Crippen LogP contribution is -2.00. The number of hydrogen-bond acceptors (Lipinski definition) is 4. The highest BCUT2D eigenvalue weighted by Crippen LogP contribution is 2.21. The normalized spacial score (nSPS) is 11.6. The van der Waals surface area contributed by atoms with Gasteiger partial charge in [-0.05, 0) is 18.7 Å². The van der Waals surface area contributed by atoms with Gasteiger partial charge in [0.05, 0.1) is 6.21 Å². The largest absolute Gasteiger partial charge is 0.299 e. The molecular weight excluding hydrogens is 270 g/mol. The molecule has 1 heterocycles. The summed E-state index contributed by atoms with van der Waals surface area (Å²) in [5.74, 6) is -0.451. The zero-order valence-electron chi connectivity index (χ0n) is 10.4. The van der Waals surface area contributed by atoms with Gasteiger partial charge in [0.25, 0.3) is 6.43 Å². The van der Waals surface area contributed by atoms with Gasteiger partial charge in [-0.2, -0.15) is 9.78 Å². The van der Waals surface area contributed by atoms with Gasteiger partial charge in [0, 0.05) is 0 Å². The van der Waals surface area contributed by atoms with Gasteiger partial charge < -0.3 is 0 Å². The summed E-state index contributed by atoms with van der Waals surface area (Å²) in [6.45, 7) is 1.97. The summed E-state index contributed by atoms with van der Waals surface area (Å²) in [4.78, 5) is 0. The van der Waals surface area contributed by atoms with Crippen LogP contribution in [-0.4, -0.2) is 27.3 Å². The van der Waals surface area contributed by atoms with E-state index in [0.29, 0.717) is 5.16 Å². The third-order valence-corrected chi connectivity index (χ3v) is 3.03. The molecule has 0 bridgehead atoms. The van der Waals surface area contributed by atoms with Crippen molar-refractivity contribution in [3.8, 4) is 0 Å². The highest BCUT2D eigenvalue weighted by molar-refractivity contribution is 7.98. The molecule has 0 aliphatic rings. The van der Waals surface area contributed by atoms with Crippen molar-refractivity contribution in [1.29, 1.82) is 0 Å². The second-order valence-corrected chi connectivity index (χ2v) is 4.59. The Labute approximate surface area is 113 Å². The summed E-state index contributed by atoms with van der Waals surface area (Å²) in [5.41, 5.74) is 1.95. The van der Waals surface area contributed by atoms with Gasteiger partial charge in [-0.15, -0.1) is 10.2 Å². The van der Waals surface area contributed by atoms with Gasteiger partial charge in [-0.25, -0.2) is 8.78 Å². The number of aromatic nitrogens is 3. The first-order valence-corrected chi connectivity index (χ1v) is 6.72. The molecule has 2 rings (SSSR count). The van der Waals surface area contributed by atoms with Crippen LogP contribution in [0.2, 0.25) is 0 Å². The third-order valence-electron chi connectivity index (χ3n) is 2.41. The van der Waals surface area contributed by atoms with Crippen molar-refractivity contribution < 1.29 is 8.78 Å². The summed E-state index contributed by atoms with van der Waals surface area (Å²) in [5, 5.41) is 11.5. The third kappa shape index (κ3) is 3.17. The molecule has 1 aromatic carbocycles. The molecule has 0 radical (unpaired) electrons. The molecule has 0 saturated carbocycles. The lowest BCUT2D eigenvalue weighted by Gasteiger charge is -2.01. The van der Waals surface area contributed by atoms with Crippen LogP contribution < -0.4 is 0 Å². The highest BCUT2D eigenvalue weighted by atomic mass is 32.2. The van der Waals surface area contributed by atoms with Crippen LogP contribution in [0.4, 0.5) is 8.78 Å². The Kier molecular flexibility index (Phi) is 4.26. The van der Waals surface area contributed by atoms with Crippen molar-refractivity contribution in [3.05, 3.63) is 41.2 Å². The topological polar surface area (TPSA) is 43.1 Å². The van der Waals surface area contributed by atoms with E-state index in [1.807, 2.05) is 31.2 Å². The van der Waals surface area contributed by atoms with Crippen LogP contribution in [0.25, 0.3) is 0 Å². The van der Waals surface area contributed by atoms with Crippen LogP contribution in [0.5, 0.6) is 0 Å². The fraction of sp³-hybridized carbons (Fsp3) is 0.250. The SMILES string of the molecule is CSc1nnc(C(F)F)n1/N=C\c1ccc(C)cc1. The second-order valence-electron chi connectivity index (χ2n) is 3.81. The quantitative estimate of drug-likeness (QED) is 0.639. The summed E-state index contributed by atoms with van der Waals surface area (Å²) >= 11 is 1.21. The number of aryl methyl sites for hydroxylation is 1. The molecule has 0 aliphatic carbocycles. The Hall–Kier alpha value is -1.76. The molecular formula is C12H12F2N4S. The molecule has 0 aliphatic heterocycles. The first-order chi connectivity index (χ1) is 9.11. The second kappa shape index (κ2) is 5.92. The molecule has 0 atom stereocenters. The summed E-state index contributed by atoms with van der Waals surface area (Å²) in [7, 11) is 0. The predicted octanol–water partition coefficient (Wildman–Crippen LogP) is 3.13. The molecule has 0 amide bonds. The Morgan fingerprint density at radius 1 is 1.26 bits per heavy atom. The van der Waals surface area contributed by atoms with Crippen molar-refractivity contribution in [1.82, 2.24) is 14.9 Å². The highest BCUT2D eigenvalue weighted by Gasteiger charge is 2.19. The van der Waals surface area contributed by atoms with Gasteiger partial charge >= 0.3 is 0 Å². The minimum absolute atomic E-state index is 0.332. The Balaban J connectivity index is 2.31. The zero-order chi connectivity index (χ0) is 13.8. The zero-order valence-corrected chi connectivity index (χ0v) is 11.2. The van der Waals surface area contributed by atoms with Gasteiger partial charge in [-0.1, -0.05) is 41.6 Å². The molecule has 4 nitrogen and oxygen atoms in total. The van der Waals surface area contributed by atoms with Gasteiger partial charge in [0.2, 0.25) is 11.0 Å². The Morgan fingerprint density at radius 2 is 1.95 bits per heavy atom. The molecule has 0 spiro atoms. The molecule has 2 aromatic rings. The number of thioether (sulfide) groups is 1. The van der Waals surface area contributed by atoms with Crippen molar-refractivity contribution in [2.45, 2.75) is 18.5 Å². The van der Waals surface area contributed by atoms with Crippen LogP contribution in [0, 0.1) is 6.92 Å². The maximum absolute atomic E-state index is 12.7. The van der Waals surface area contributed by atoms with Crippen molar-refractivity contribution in [3.63, 3.8) is 0 Å². The fourth-order valence-electron chi connectivity index (χ4n) is 1.43. The van der Waals surface area contributed by atoms with Crippen molar-refractivity contribution >= 4 is 18.0 Å². The number of halogens is 2. The van der Waals surface area contributed by atoms with E-state index in [2.05, 4.69) is 15.3 Å². The van der Waals surface area contributed by atoms with E-state index in [9.17, 15) is 8.78 Å². The number of hydrogen-bond donors (Lipinski definition) is 0. The van der Waals surface area contributed by atoms with Gasteiger partial charge in [-0.3, -0.25) is 0 Å². The van der Waals surface area contributed by atoms with Crippen LogP contribution in [-0.2, 0) is 0 Å². The van der Waals surface area contributed by atoms with Crippen LogP contribution in [0.1, 0.15) is 23.4 Å². The smallest absolute Gasteiger partial charge is 0.201 e. The predicted molar refractivity (Wildman–Crippen MR) is 70.9 cm³/mol. The number of nitrogens with zero attached hydrogens (tertiary/aromatic N) is 4. The molecule has 0 fully saturated rings. The van der Waals surface area contributed by atoms with Crippen molar-refractivity contribution in [2.75, 3.05) is 6.26 Å². The monoisotopic (exact) mass is 282 g/mol. The lowest BCUT2D eigenvalue weighted by molar-refractivity contribution is 0.135. The van der Waals surface area contributed by atoms with Crippen LogP contribution in [0.15, 0.2) is 34.5 Å². The first kappa shape index (κ1) is 13.7. The van der Waals surface area contributed by atoms with E-state index in [1.54, 1.807) is 6.26 Å². The maximum Gasteiger partial charge on any atom is 0.299 e. The average molecular weight is 282 g/mol. The number of rotatable bonds is 4. The standard InChI is InChI=1S/C12H12F2N4S/c1-8-3-5-9(6-4-8)7-15-18-11(10(13)14)16-17-12(18)19-2/h3-7,10H,1-2H3/b15-7-. The van der Waals surface area contributed by atoms with E-state index in [0.717, 1.165) is 15.8 Å². The Bertz CT molecular complexity index is 578. The average Bonchev–Trinajstić information content (AvgIpc) is 2.81. The molecule has 0 unspecified atom stereocenters. The molecule has 7 heteroatoms. The number of benzene rings is 1. The summed E-state index contributed by atoms with van der Waals surface area (Å²) in [6.07, 6.45) is 0.537. The van der Waals surface area contributed by atoms with Crippen molar-refractivity contribution in [2.24, 2.45) is 5.10 Å². The lowest BCUT2D eigenvalue weighted by atomic mass is 10.2. The van der Waals surface area contributed by atoms with Crippen LogP contribution in [0.3, 0.4) is 0 Å². The van der Waals surface area contributed by atoms with Crippen LogP contribution >= 0.6 is 11.8 Å². The molecule has 1 aromatic heterocycles. The molecule has 0 saturated heterocycles. The Morgan fingerprint density at radius 3 is 2.53 bits per heavy atom. The molecule has 100 valence electrons. The van der Waals surface area contributed by atoms with Gasteiger partial charge in [0.1, 0.15) is 0 Å². The van der Waals surface area contributed by atoms with E-state index in [4.69, 9.17) is 0 Å². The summed E-state index contributed by atoms with van der Waals surface area (Å²) < 4.78 is 26.6. The van der Waals surface area contributed by atoms with E-state index >= 15 is 0 Å². The molecule has 19 heavy (non-hydrogen) atoms. The van der Waals surface area contributed by atoms with E-state index < -0.39 is 12.2 Å². The maximum atomic E-state index is 12.7. The van der Waals surface area contributed by atoms with E-state index in [1.165, 1.54) is 18.0 Å².